The van der Waals surface area contributed by atoms with Gasteiger partial charge in [-0.2, -0.15) is 0 Å². The van der Waals surface area contributed by atoms with Crippen LogP contribution in [0.5, 0.6) is 0 Å². The first-order valence-corrected chi connectivity index (χ1v) is 9.07. The molecule has 0 bridgehead atoms. The van der Waals surface area contributed by atoms with E-state index in [1.165, 1.54) is 17.1 Å². The summed E-state index contributed by atoms with van der Waals surface area (Å²) in [6, 6.07) is 3.30. The monoisotopic (exact) mass is 360 g/mol. The van der Waals surface area contributed by atoms with Gasteiger partial charge in [-0.3, -0.25) is 0 Å². The lowest BCUT2D eigenvalue weighted by molar-refractivity contribution is 0.387. The summed E-state index contributed by atoms with van der Waals surface area (Å²) in [5, 5.41) is 0. The van der Waals surface area contributed by atoms with Crippen LogP contribution in [0.3, 0.4) is 0 Å². The molecule has 1 aliphatic carbocycles. The molecule has 0 aliphatic heterocycles. The van der Waals surface area contributed by atoms with Gasteiger partial charge >= 0.3 is 0 Å². The van der Waals surface area contributed by atoms with E-state index in [1.54, 1.807) is 26.1 Å². The lowest BCUT2D eigenvalue weighted by Gasteiger charge is -2.22. The van der Waals surface area contributed by atoms with Gasteiger partial charge in [0.1, 0.15) is 0 Å². The number of sulfonamides is 1. The molecule has 0 aromatic heterocycles. The quantitative estimate of drug-likeness (QED) is 0.838. The molecule has 0 atom stereocenters. The van der Waals surface area contributed by atoms with E-state index < -0.39 is 10.0 Å². The zero-order valence-electron chi connectivity index (χ0n) is 11.9. The van der Waals surface area contributed by atoms with Crippen LogP contribution in [0, 0.1) is 12.8 Å². The molecular weight excluding hydrogens is 340 g/mol. The molecule has 0 amide bonds. The normalized spacial score (nSPS) is 17.0. The average Bonchev–Trinajstić information content (AvgIpc) is 2.86. The maximum Gasteiger partial charge on any atom is 0.243 e. The highest BCUT2D eigenvalue weighted by atomic mass is 79.9. The Balaban J connectivity index is 2.27. The highest BCUT2D eigenvalue weighted by molar-refractivity contribution is 9.10. The molecule has 20 heavy (non-hydrogen) atoms. The van der Waals surface area contributed by atoms with Gasteiger partial charge in [-0.15, -0.1) is 0 Å². The Morgan fingerprint density at radius 1 is 1.35 bits per heavy atom. The smallest absolute Gasteiger partial charge is 0.243 e. The molecule has 1 saturated carbocycles. The summed E-state index contributed by atoms with van der Waals surface area (Å²) in [7, 11) is -1.81. The summed E-state index contributed by atoms with van der Waals surface area (Å²) in [4.78, 5) is 0.304. The Bertz CT molecular complexity index is 595. The lowest BCUT2D eigenvalue weighted by atomic mass is 10.1. The van der Waals surface area contributed by atoms with Gasteiger partial charge in [-0.1, -0.05) is 12.8 Å². The van der Waals surface area contributed by atoms with Gasteiger partial charge < -0.3 is 5.73 Å². The maximum absolute atomic E-state index is 12.7. The molecule has 0 heterocycles. The zero-order chi connectivity index (χ0) is 14.9. The molecule has 1 fully saturated rings. The van der Waals surface area contributed by atoms with Crippen LogP contribution in [0.25, 0.3) is 0 Å². The van der Waals surface area contributed by atoms with Crippen LogP contribution >= 0.6 is 15.9 Å². The second-order valence-electron chi connectivity index (χ2n) is 5.58. The number of nitrogens with two attached hydrogens (primary N) is 1. The number of benzene rings is 1. The Morgan fingerprint density at radius 3 is 2.55 bits per heavy atom. The molecule has 6 heteroatoms. The molecule has 2 N–H and O–H groups in total. The van der Waals surface area contributed by atoms with E-state index in [0.717, 1.165) is 17.3 Å². The van der Waals surface area contributed by atoms with Gasteiger partial charge in [0.05, 0.1) is 4.90 Å². The van der Waals surface area contributed by atoms with E-state index in [4.69, 9.17) is 5.73 Å². The van der Waals surface area contributed by atoms with Crippen LogP contribution < -0.4 is 5.73 Å². The molecule has 0 unspecified atom stereocenters. The number of nitrogen functional groups attached to an aromatic ring is 1. The summed E-state index contributed by atoms with van der Waals surface area (Å²) >= 11 is 3.32. The van der Waals surface area contributed by atoms with Crippen molar-refractivity contribution in [3.05, 3.63) is 22.2 Å². The van der Waals surface area contributed by atoms with Crippen molar-refractivity contribution in [2.75, 3.05) is 19.3 Å². The van der Waals surface area contributed by atoms with Crippen LogP contribution in [-0.4, -0.2) is 26.3 Å². The summed E-state index contributed by atoms with van der Waals surface area (Å²) in [5.41, 5.74) is 6.98. The fourth-order valence-electron chi connectivity index (χ4n) is 2.77. The van der Waals surface area contributed by atoms with Gasteiger partial charge in [0.25, 0.3) is 0 Å². The van der Waals surface area contributed by atoms with Crippen molar-refractivity contribution in [1.82, 2.24) is 4.31 Å². The molecular formula is C14H21BrN2O2S. The Labute approximate surface area is 129 Å². The summed E-state index contributed by atoms with van der Waals surface area (Å²) in [5.74, 6) is 0.489. The molecule has 112 valence electrons. The van der Waals surface area contributed by atoms with Crippen LogP contribution in [0.15, 0.2) is 21.5 Å². The molecule has 0 saturated heterocycles. The molecule has 0 spiro atoms. The van der Waals surface area contributed by atoms with Crippen LogP contribution in [-0.2, 0) is 10.0 Å². The number of aryl methyl sites for hydroxylation is 1. The minimum absolute atomic E-state index is 0.304. The molecule has 1 aromatic rings. The van der Waals surface area contributed by atoms with Crippen molar-refractivity contribution in [2.24, 2.45) is 5.92 Å². The van der Waals surface area contributed by atoms with Crippen molar-refractivity contribution < 1.29 is 8.42 Å². The van der Waals surface area contributed by atoms with Gasteiger partial charge in [0.15, 0.2) is 0 Å². The Hall–Kier alpha value is -0.590. The SMILES string of the molecule is Cc1cc(Br)c(N)cc1S(=O)(=O)N(C)CC1CCCC1. The molecule has 0 radical (unpaired) electrons. The third-order valence-electron chi connectivity index (χ3n) is 3.97. The van der Waals surface area contributed by atoms with Crippen molar-refractivity contribution >= 4 is 31.6 Å². The van der Waals surface area contributed by atoms with E-state index in [1.807, 2.05) is 0 Å². The molecule has 4 nitrogen and oxygen atoms in total. The topological polar surface area (TPSA) is 63.4 Å². The first kappa shape index (κ1) is 15.8. The van der Waals surface area contributed by atoms with Crippen molar-refractivity contribution in [1.29, 1.82) is 0 Å². The first-order chi connectivity index (χ1) is 9.32. The van der Waals surface area contributed by atoms with Crippen LogP contribution in [0.4, 0.5) is 5.69 Å². The highest BCUT2D eigenvalue weighted by Gasteiger charge is 2.27. The second kappa shape index (κ2) is 6.03. The molecule has 2 rings (SSSR count). The van der Waals surface area contributed by atoms with Gasteiger partial charge in [-0.05, 0) is 59.3 Å². The third-order valence-corrected chi connectivity index (χ3v) is 6.62. The number of hydrogen-bond donors (Lipinski definition) is 1. The summed E-state index contributed by atoms with van der Waals surface area (Å²) in [6.07, 6.45) is 4.67. The molecule has 1 aliphatic rings. The number of hydrogen-bond acceptors (Lipinski definition) is 3. The lowest BCUT2D eigenvalue weighted by Crippen LogP contribution is -2.31. The average molecular weight is 361 g/mol. The van der Waals surface area contributed by atoms with E-state index in [2.05, 4.69) is 15.9 Å². The maximum atomic E-state index is 12.7. The van der Waals surface area contributed by atoms with Crippen molar-refractivity contribution in [3.8, 4) is 0 Å². The highest BCUT2D eigenvalue weighted by Crippen LogP contribution is 2.30. The predicted molar refractivity (Wildman–Crippen MR) is 85.1 cm³/mol. The Morgan fingerprint density at radius 2 is 1.95 bits per heavy atom. The summed E-state index contributed by atoms with van der Waals surface area (Å²) in [6.45, 7) is 2.39. The van der Waals surface area contributed by atoms with Crippen molar-refractivity contribution in [3.63, 3.8) is 0 Å². The fourth-order valence-corrected chi connectivity index (χ4v) is 4.71. The van der Waals surface area contributed by atoms with Crippen LogP contribution in [0.2, 0.25) is 0 Å². The minimum atomic E-state index is -3.46. The van der Waals surface area contributed by atoms with Crippen LogP contribution in [0.1, 0.15) is 31.2 Å². The third kappa shape index (κ3) is 3.18. The molecule has 1 aromatic carbocycles. The second-order valence-corrected chi connectivity index (χ2v) is 8.44. The standard InChI is InChI=1S/C14H21BrN2O2S/c1-10-7-12(15)13(16)8-14(10)20(18,19)17(2)9-11-5-3-4-6-11/h7-8,11H,3-6,9,16H2,1-2H3. The number of anilines is 1. The number of rotatable bonds is 4. The zero-order valence-corrected chi connectivity index (χ0v) is 14.3. The number of halogens is 1. The van der Waals surface area contributed by atoms with E-state index in [-0.39, 0.29) is 0 Å². The number of nitrogens with zero attached hydrogens (tertiary/aromatic N) is 1. The largest absolute Gasteiger partial charge is 0.398 e. The first-order valence-electron chi connectivity index (χ1n) is 6.84. The van der Waals surface area contributed by atoms with E-state index >= 15 is 0 Å². The van der Waals surface area contributed by atoms with Gasteiger partial charge in [0, 0.05) is 23.8 Å². The fraction of sp³-hybridized carbons (Fsp3) is 0.571. The Kier molecular flexibility index (Phi) is 4.76. The predicted octanol–water partition coefficient (Wildman–Crippen LogP) is 3.15. The summed E-state index contributed by atoms with van der Waals surface area (Å²) < 4.78 is 27.5. The van der Waals surface area contributed by atoms with E-state index in [0.29, 0.717) is 28.6 Å². The van der Waals surface area contributed by atoms with Crippen molar-refractivity contribution in [2.45, 2.75) is 37.5 Å². The van der Waals surface area contributed by atoms with E-state index in [9.17, 15) is 8.42 Å². The van der Waals surface area contributed by atoms with Gasteiger partial charge in [0.2, 0.25) is 10.0 Å². The van der Waals surface area contributed by atoms with Gasteiger partial charge in [-0.25, -0.2) is 12.7 Å². The minimum Gasteiger partial charge on any atom is -0.398 e.